The van der Waals surface area contributed by atoms with Crippen LogP contribution in [0.5, 0.6) is 0 Å². The second kappa shape index (κ2) is 9.86. The van der Waals surface area contributed by atoms with Gasteiger partial charge in [-0.05, 0) is 13.8 Å². The van der Waals surface area contributed by atoms with Crippen LogP contribution in [0.1, 0.15) is 13.8 Å². The minimum absolute atomic E-state index is 0.179. The lowest BCUT2D eigenvalue weighted by Crippen LogP contribution is -2.23. The van der Waals surface area contributed by atoms with Crippen molar-refractivity contribution in [3.05, 3.63) is 25.0 Å². The fourth-order valence-electron chi connectivity index (χ4n) is 0.916. The van der Waals surface area contributed by atoms with Crippen LogP contribution in [0.15, 0.2) is 25.0 Å². The van der Waals surface area contributed by atoms with Gasteiger partial charge in [0, 0.05) is 12.2 Å². The van der Waals surface area contributed by atoms with Crippen LogP contribution in [0, 0.1) is 0 Å². The SMILES string of the molecule is C=COC(COCCOC(=O)C(=C)C)OCC. The molecule has 0 aliphatic carbocycles. The Balaban J connectivity index is 3.57. The maximum Gasteiger partial charge on any atom is 0.333 e. The molecule has 0 saturated carbocycles. The molecule has 0 radical (unpaired) electrons. The van der Waals surface area contributed by atoms with E-state index in [0.29, 0.717) is 12.2 Å². The van der Waals surface area contributed by atoms with Crippen LogP contribution in [-0.4, -0.2) is 38.7 Å². The summed E-state index contributed by atoms with van der Waals surface area (Å²) in [7, 11) is 0. The first kappa shape index (κ1) is 15.7. The van der Waals surface area contributed by atoms with E-state index in [1.54, 1.807) is 6.92 Å². The molecule has 5 heteroatoms. The van der Waals surface area contributed by atoms with Gasteiger partial charge in [0.2, 0.25) is 6.29 Å². The van der Waals surface area contributed by atoms with Gasteiger partial charge in [-0.3, -0.25) is 0 Å². The Hall–Kier alpha value is -1.33. The molecule has 5 nitrogen and oxygen atoms in total. The van der Waals surface area contributed by atoms with Crippen molar-refractivity contribution < 1.29 is 23.7 Å². The molecule has 1 atom stereocenters. The van der Waals surface area contributed by atoms with Gasteiger partial charge >= 0.3 is 5.97 Å². The number of carbonyl (C=O) groups is 1. The lowest BCUT2D eigenvalue weighted by atomic mass is 10.4. The van der Waals surface area contributed by atoms with Crippen molar-refractivity contribution in [3.63, 3.8) is 0 Å². The van der Waals surface area contributed by atoms with Gasteiger partial charge in [-0.25, -0.2) is 4.79 Å². The third kappa shape index (κ3) is 8.47. The van der Waals surface area contributed by atoms with Crippen molar-refractivity contribution in [2.24, 2.45) is 0 Å². The lowest BCUT2D eigenvalue weighted by Gasteiger charge is -2.16. The molecule has 0 heterocycles. The van der Waals surface area contributed by atoms with Crippen LogP contribution >= 0.6 is 0 Å². The minimum Gasteiger partial charge on any atom is -0.471 e. The van der Waals surface area contributed by atoms with Crippen LogP contribution in [0.25, 0.3) is 0 Å². The lowest BCUT2D eigenvalue weighted by molar-refractivity contribution is -0.149. The van der Waals surface area contributed by atoms with Crippen LogP contribution < -0.4 is 0 Å². The molecule has 1 unspecified atom stereocenters. The van der Waals surface area contributed by atoms with Crippen molar-refractivity contribution in [1.29, 1.82) is 0 Å². The molecule has 0 spiro atoms. The summed E-state index contributed by atoms with van der Waals surface area (Å²) in [6.07, 6.45) is 0.819. The second-order valence-electron chi connectivity index (χ2n) is 3.18. The Labute approximate surface area is 102 Å². The molecule has 0 N–H and O–H groups in total. The topological polar surface area (TPSA) is 54.0 Å². The summed E-state index contributed by atoms with van der Waals surface area (Å²) in [6.45, 7) is 11.6. The van der Waals surface area contributed by atoms with E-state index in [4.69, 9.17) is 18.9 Å². The van der Waals surface area contributed by atoms with Crippen molar-refractivity contribution in [1.82, 2.24) is 0 Å². The number of esters is 1. The molecule has 0 amide bonds. The maximum atomic E-state index is 11.0. The van der Waals surface area contributed by atoms with E-state index in [2.05, 4.69) is 13.2 Å². The quantitative estimate of drug-likeness (QED) is 0.192. The summed E-state index contributed by atoms with van der Waals surface area (Å²) in [5.41, 5.74) is 0.368. The molecule has 98 valence electrons. The van der Waals surface area contributed by atoms with E-state index in [1.165, 1.54) is 6.26 Å². The standard InChI is InChI=1S/C12H20O5/c1-5-15-11(16-6-2)9-14-7-8-17-12(13)10(3)4/h5,11H,1,3,6-9H2,2,4H3. The van der Waals surface area contributed by atoms with E-state index >= 15 is 0 Å². The predicted molar refractivity (Wildman–Crippen MR) is 63.3 cm³/mol. The highest BCUT2D eigenvalue weighted by molar-refractivity contribution is 5.86. The van der Waals surface area contributed by atoms with E-state index in [-0.39, 0.29) is 19.8 Å². The van der Waals surface area contributed by atoms with Gasteiger partial charge in [0.1, 0.15) is 13.2 Å². The summed E-state index contributed by atoms with van der Waals surface area (Å²) in [5.74, 6) is -0.419. The predicted octanol–water partition coefficient (Wildman–Crippen LogP) is 1.65. The van der Waals surface area contributed by atoms with Crippen molar-refractivity contribution in [3.8, 4) is 0 Å². The molecule has 17 heavy (non-hydrogen) atoms. The van der Waals surface area contributed by atoms with E-state index in [9.17, 15) is 4.79 Å². The van der Waals surface area contributed by atoms with Gasteiger partial charge in [0.15, 0.2) is 0 Å². The third-order valence-corrected chi connectivity index (χ3v) is 1.66. The summed E-state index contributed by atoms with van der Waals surface area (Å²) in [6, 6.07) is 0. The van der Waals surface area contributed by atoms with Gasteiger partial charge in [-0.15, -0.1) is 0 Å². The van der Waals surface area contributed by atoms with Gasteiger partial charge in [-0.1, -0.05) is 13.2 Å². The van der Waals surface area contributed by atoms with E-state index in [1.807, 2.05) is 6.92 Å². The number of carbonyl (C=O) groups excluding carboxylic acids is 1. The van der Waals surface area contributed by atoms with Crippen molar-refractivity contribution in [2.75, 3.05) is 26.4 Å². The molecule has 0 aromatic carbocycles. The van der Waals surface area contributed by atoms with Crippen LogP contribution in [0.2, 0.25) is 0 Å². The Morgan fingerprint density at radius 2 is 2.12 bits per heavy atom. The molecule has 0 aliphatic heterocycles. The third-order valence-electron chi connectivity index (χ3n) is 1.66. The maximum absolute atomic E-state index is 11.0. The van der Waals surface area contributed by atoms with Crippen LogP contribution in [0.4, 0.5) is 0 Å². The zero-order valence-corrected chi connectivity index (χ0v) is 10.4. The van der Waals surface area contributed by atoms with E-state index in [0.717, 1.165) is 0 Å². The highest BCUT2D eigenvalue weighted by Crippen LogP contribution is 1.97. The van der Waals surface area contributed by atoms with Gasteiger partial charge in [0.25, 0.3) is 0 Å². The monoisotopic (exact) mass is 244 g/mol. The average Bonchev–Trinajstić information content (AvgIpc) is 2.28. The zero-order chi connectivity index (χ0) is 13.1. The van der Waals surface area contributed by atoms with Gasteiger partial charge in [-0.2, -0.15) is 0 Å². The van der Waals surface area contributed by atoms with Crippen LogP contribution in [-0.2, 0) is 23.7 Å². The van der Waals surface area contributed by atoms with Crippen LogP contribution in [0.3, 0.4) is 0 Å². The molecular weight excluding hydrogens is 224 g/mol. The number of rotatable bonds is 10. The summed E-state index contributed by atoms with van der Waals surface area (Å²) < 4.78 is 20.3. The summed E-state index contributed by atoms with van der Waals surface area (Å²) in [5, 5.41) is 0. The molecule has 0 fully saturated rings. The first-order chi connectivity index (χ1) is 8.11. The molecule has 0 aromatic heterocycles. The Morgan fingerprint density at radius 3 is 2.65 bits per heavy atom. The van der Waals surface area contributed by atoms with Gasteiger partial charge < -0.3 is 18.9 Å². The average molecular weight is 244 g/mol. The fourth-order valence-corrected chi connectivity index (χ4v) is 0.916. The highest BCUT2D eigenvalue weighted by atomic mass is 16.7. The largest absolute Gasteiger partial charge is 0.471 e. The number of ether oxygens (including phenoxy) is 4. The molecule has 0 bridgehead atoms. The molecule has 0 saturated heterocycles. The second-order valence-corrected chi connectivity index (χ2v) is 3.18. The van der Waals surface area contributed by atoms with Crippen molar-refractivity contribution >= 4 is 5.97 Å². The Morgan fingerprint density at radius 1 is 1.41 bits per heavy atom. The smallest absolute Gasteiger partial charge is 0.333 e. The van der Waals surface area contributed by atoms with Gasteiger partial charge in [0.05, 0.1) is 12.9 Å². The zero-order valence-electron chi connectivity index (χ0n) is 10.4. The first-order valence-corrected chi connectivity index (χ1v) is 5.40. The number of hydrogen-bond donors (Lipinski definition) is 0. The highest BCUT2D eigenvalue weighted by Gasteiger charge is 2.08. The molecule has 0 aliphatic rings. The minimum atomic E-state index is -0.477. The van der Waals surface area contributed by atoms with E-state index < -0.39 is 12.3 Å². The summed E-state index contributed by atoms with van der Waals surface area (Å²) >= 11 is 0. The normalized spacial score (nSPS) is 11.6. The van der Waals surface area contributed by atoms with Crippen molar-refractivity contribution in [2.45, 2.75) is 20.1 Å². The Bertz CT molecular complexity index is 249. The fraction of sp³-hybridized carbons (Fsp3) is 0.583. The first-order valence-electron chi connectivity index (χ1n) is 5.40. The summed E-state index contributed by atoms with van der Waals surface area (Å²) in [4.78, 5) is 11.0. The molecule has 0 rings (SSSR count). The number of hydrogen-bond acceptors (Lipinski definition) is 5. The Kier molecular flexibility index (Phi) is 9.09. The molecular formula is C12H20O5. The molecule has 0 aromatic rings.